The van der Waals surface area contributed by atoms with E-state index < -0.39 is 0 Å². The van der Waals surface area contributed by atoms with E-state index in [1.807, 2.05) is 39.1 Å². The Kier molecular flexibility index (Phi) is 4.60. The van der Waals surface area contributed by atoms with Crippen molar-refractivity contribution in [3.63, 3.8) is 0 Å². The molecular formula is C15H18N2O. The van der Waals surface area contributed by atoms with E-state index in [9.17, 15) is 4.79 Å². The summed E-state index contributed by atoms with van der Waals surface area (Å²) in [6.45, 7) is 11.5. The summed E-state index contributed by atoms with van der Waals surface area (Å²) in [5, 5.41) is 1.72. The van der Waals surface area contributed by atoms with Crippen LogP contribution in [0.15, 0.2) is 24.9 Å². The summed E-state index contributed by atoms with van der Waals surface area (Å²) < 4.78 is 0. The minimum Gasteiger partial charge on any atom is -0.336 e. The number of carbonyl (C=O) groups is 1. The largest absolute Gasteiger partial charge is 0.336 e. The van der Waals surface area contributed by atoms with E-state index in [4.69, 9.17) is 0 Å². The molecule has 0 N–H and O–H groups in total. The third-order valence-corrected chi connectivity index (χ3v) is 2.80. The van der Waals surface area contributed by atoms with E-state index in [1.54, 1.807) is 11.1 Å². The van der Waals surface area contributed by atoms with Crippen molar-refractivity contribution >= 4 is 24.8 Å². The molecule has 0 unspecified atom stereocenters. The molecule has 0 fully saturated rings. The first-order valence-corrected chi connectivity index (χ1v) is 5.70. The van der Waals surface area contributed by atoms with Gasteiger partial charge in [0.2, 0.25) is 0 Å². The Morgan fingerprint density at radius 1 is 1.39 bits per heavy atom. The van der Waals surface area contributed by atoms with Crippen LogP contribution in [-0.4, -0.2) is 18.3 Å². The normalized spacial score (nSPS) is 11.8. The molecule has 0 aromatic carbocycles. The number of anilines is 1. The molecule has 0 aliphatic heterocycles. The van der Waals surface area contributed by atoms with Gasteiger partial charge in [-0.1, -0.05) is 31.4 Å². The van der Waals surface area contributed by atoms with Crippen LogP contribution in [0.1, 0.15) is 23.0 Å². The molecule has 1 aromatic rings. The fourth-order valence-electron chi connectivity index (χ4n) is 1.59. The van der Waals surface area contributed by atoms with E-state index >= 15 is 0 Å². The van der Waals surface area contributed by atoms with Gasteiger partial charge in [0.25, 0.3) is 0 Å². The van der Waals surface area contributed by atoms with Gasteiger partial charge in [-0.05, 0) is 30.8 Å². The van der Waals surface area contributed by atoms with E-state index in [1.165, 1.54) is 0 Å². The fraction of sp³-hybridized carbons (Fsp3) is 0.200. The van der Waals surface area contributed by atoms with Crippen LogP contribution in [0.4, 0.5) is 5.82 Å². The number of pyridine rings is 1. The van der Waals surface area contributed by atoms with Crippen LogP contribution >= 0.6 is 0 Å². The molecule has 1 heterocycles. The molecule has 0 saturated heterocycles. The molecule has 0 saturated carbocycles. The number of hydrogen-bond donors (Lipinski definition) is 0. The maximum Gasteiger partial charge on any atom is 0.168 e. The Morgan fingerprint density at radius 3 is 2.56 bits per heavy atom. The smallest absolute Gasteiger partial charge is 0.168 e. The molecule has 1 aromatic heterocycles. The second-order valence-corrected chi connectivity index (χ2v) is 3.94. The average Bonchev–Trinajstić information content (AvgIpc) is 2.39. The Morgan fingerprint density at radius 2 is 2.06 bits per heavy atom. The zero-order valence-electron chi connectivity index (χ0n) is 11.1. The highest BCUT2D eigenvalue weighted by Gasteiger charge is 2.08. The molecular weight excluding hydrogens is 224 g/mol. The summed E-state index contributed by atoms with van der Waals surface area (Å²) in [4.78, 5) is 17.1. The molecule has 0 aliphatic rings. The van der Waals surface area contributed by atoms with Crippen LogP contribution in [0, 0.1) is 6.92 Å². The zero-order chi connectivity index (χ0) is 13.7. The minimum atomic E-state index is 0.418. The van der Waals surface area contributed by atoms with Gasteiger partial charge in [-0.15, -0.1) is 0 Å². The maximum absolute atomic E-state index is 11.0. The first-order chi connectivity index (χ1) is 8.56. The molecule has 3 heteroatoms. The van der Waals surface area contributed by atoms with Crippen molar-refractivity contribution in [3.8, 4) is 0 Å². The quantitative estimate of drug-likeness (QED) is 0.751. The lowest BCUT2D eigenvalue weighted by molar-refractivity contribution is 0.111. The summed E-state index contributed by atoms with van der Waals surface area (Å²) in [7, 11) is 1.84. The number of hydrogen-bond acceptors (Lipinski definition) is 3. The summed E-state index contributed by atoms with van der Waals surface area (Å²) in [5.74, 6) is 0.681. The monoisotopic (exact) mass is 242 g/mol. The van der Waals surface area contributed by atoms with Gasteiger partial charge in [-0.25, -0.2) is 4.98 Å². The van der Waals surface area contributed by atoms with Gasteiger partial charge in [0.1, 0.15) is 11.5 Å². The Labute approximate surface area is 107 Å². The van der Waals surface area contributed by atoms with Crippen LogP contribution in [0.5, 0.6) is 0 Å². The van der Waals surface area contributed by atoms with Crippen molar-refractivity contribution in [1.29, 1.82) is 0 Å². The third-order valence-electron chi connectivity index (χ3n) is 2.80. The molecule has 0 spiro atoms. The maximum atomic E-state index is 11.0. The van der Waals surface area contributed by atoms with Crippen molar-refractivity contribution < 1.29 is 4.79 Å². The topological polar surface area (TPSA) is 33.2 Å². The predicted octanol–water partition coefficient (Wildman–Crippen LogP) is 1.55. The van der Waals surface area contributed by atoms with Gasteiger partial charge in [0.15, 0.2) is 6.29 Å². The van der Waals surface area contributed by atoms with Crippen LogP contribution in [0.25, 0.3) is 12.7 Å². The van der Waals surface area contributed by atoms with Crippen molar-refractivity contribution in [2.45, 2.75) is 13.8 Å². The Bertz CT molecular complexity index is 600. The lowest BCUT2D eigenvalue weighted by Crippen LogP contribution is -2.34. The summed E-state index contributed by atoms with van der Waals surface area (Å²) in [6.07, 6.45) is 8.20. The van der Waals surface area contributed by atoms with Gasteiger partial charge in [0, 0.05) is 12.3 Å². The predicted molar refractivity (Wildman–Crippen MR) is 77.0 cm³/mol. The van der Waals surface area contributed by atoms with E-state index in [0.29, 0.717) is 11.5 Å². The molecule has 0 atom stereocenters. The molecule has 0 amide bonds. The summed E-state index contributed by atoms with van der Waals surface area (Å²) >= 11 is 0. The van der Waals surface area contributed by atoms with Crippen LogP contribution < -0.4 is 15.3 Å². The van der Waals surface area contributed by atoms with E-state index in [0.717, 1.165) is 22.3 Å². The fourth-order valence-corrected chi connectivity index (χ4v) is 1.59. The number of rotatable bonds is 4. The SMILES string of the molecule is C=CN(C)c1nc(C=O)c(C)c(=C)/c1=C\C=C/C. The highest BCUT2D eigenvalue weighted by atomic mass is 16.1. The van der Waals surface area contributed by atoms with Crippen LogP contribution in [0.2, 0.25) is 0 Å². The van der Waals surface area contributed by atoms with Crippen LogP contribution in [0.3, 0.4) is 0 Å². The van der Waals surface area contributed by atoms with Gasteiger partial charge < -0.3 is 4.90 Å². The Balaban J connectivity index is 3.77. The molecule has 0 radical (unpaired) electrons. The average molecular weight is 242 g/mol. The van der Waals surface area contributed by atoms with E-state index in [-0.39, 0.29) is 0 Å². The summed E-state index contributed by atoms with van der Waals surface area (Å²) in [6, 6.07) is 0. The van der Waals surface area contributed by atoms with Gasteiger partial charge in [-0.2, -0.15) is 0 Å². The number of nitrogens with zero attached hydrogens (tertiary/aromatic N) is 2. The number of aldehydes is 1. The Hall–Kier alpha value is -2.16. The van der Waals surface area contributed by atoms with E-state index in [2.05, 4.69) is 18.1 Å². The lowest BCUT2D eigenvalue weighted by Gasteiger charge is -2.15. The molecule has 0 bridgehead atoms. The number of carbonyl (C=O) groups excluding carboxylic acids is 1. The molecule has 0 aliphatic carbocycles. The first kappa shape index (κ1) is 13.9. The van der Waals surface area contributed by atoms with Crippen molar-refractivity contribution in [2.75, 3.05) is 11.9 Å². The lowest BCUT2D eigenvalue weighted by atomic mass is 10.1. The molecule has 1 rings (SSSR count). The van der Waals surface area contributed by atoms with Gasteiger partial charge in [-0.3, -0.25) is 4.79 Å². The van der Waals surface area contributed by atoms with Gasteiger partial charge in [0.05, 0.1) is 0 Å². The van der Waals surface area contributed by atoms with Crippen LogP contribution in [-0.2, 0) is 0 Å². The first-order valence-electron chi connectivity index (χ1n) is 5.70. The molecule has 3 nitrogen and oxygen atoms in total. The second kappa shape index (κ2) is 5.96. The zero-order valence-corrected chi connectivity index (χ0v) is 11.1. The third kappa shape index (κ3) is 2.56. The summed E-state index contributed by atoms with van der Waals surface area (Å²) in [5.41, 5.74) is 1.23. The molecule has 18 heavy (non-hydrogen) atoms. The highest BCUT2D eigenvalue weighted by molar-refractivity contribution is 5.76. The minimum absolute atomic E-state index is 0.418. The van der Waals surface area contributed by atoms with Crippen molar-refractivity contribution in [3.05, 3.63) is 46.6 Å². The standard InChI is InChI=1S/C15H18N2O/c1-6-8-9-13-11(3)12(4)14(10-18)16-15(13)17(5)7-2/h6-10H,2-3H2,1,4-5H3/b8-6-,13-9+. The number of allylic oxidation sites excluding steroid dienone is 2. The molecule has 94 valence electrons. The highest BCUT2D eigenvalue weighted by Crippen LogP contribution is 2.04. The van der Waals surface area contributed by atoms with Crippen molar-refractivity contribution in [2.24, 2.45) is 0 Å². The van der Waals surface area contributed by atoms with Gasteiger partial charge >= 0.3 is 0 Å². The van der Waals surface area contributed by atoms with Crippen molar-refractivity contribution in [1.82, 2.24) is 4.98 Å². The second-order valence-electron chi connectivity index (χ2n) is 3.94. The number of aromatic nitrogens is 1.